The van der Waals surface area contributed by atoms with Crippen LogP contribution in [0.1, 0.15) is 27.3 Å². The average molecular weight is 262 g/mol. The van der Waals surface area contributed by atoms with E-state index in [-0.39, 0.29) is 5.78 Å². The Bertz CT molecular complexity index is 534. The van der Waals surface area contributed by atoms with Crippen LogP contribution in [0.25, 0.3) is 0 Å². The Balaban J connectivity index is 1.95. The number of ether oxygens (including phenoxy) is 1. The predicted octanol–water partition coefficient (Wildman–Crippen LogP) is 2.67. The summed E-state index contributed by atoms with van der Waals surface area (Å²) in [6, 6.07) is 7.76. The normalized spacial score (nSPS) is 10.3. The summed E-state index contributed by atoms with van der Waals surface area (Å²) in [5.41, 5.74) is 1.85. The van der Waals surface area contributed by atoms with Crippen LogP contribution < -0.4 is 4.74 Å². The molecule has 5 heteroatoms. The molecule has 2 rings (SSSR count). The number of carbonyl (C=O) groups excluding carboxylic acids is 1. The molecule has 0 atom stereocenters. The van der Waals surface area contributed by atoms with Gasteiger partial charge in [0.1, 0.15) is 10.6 Å². The van der Waals surface area contributed by atoms with Crippen molar-refractivity contribution in [3.8, 4) is 5.75 Å². The highest BCUT2D eigenvalue weighted by Crippen LogP contribution is 2.16. The summed E-state index contributed by atoms with van der Waals surface area (Å²) in [7, 11) is 1.64. The highest BCUT2D eigenvalue weighted by atomic mass is 32.1. The van der Waals surface area contributed by atoms with Crippen LogP contribution in [0.15, 0.2) is 24.3 Å². The van der Waals surface area contributed by atoms with Crippen LogP contribution in [0.2, 0.25) is 0 Å². The van der Waals surface area contributed by atoms with Crippen molar-refractivity contribution in [2.75, 3.05) is 7.11 Å². The number of aryl methyl sites for hydroxylation is 2. The summed E-state index contributed by atoms with van der Waals surface area (Å²) in [5.74, 6) is 0.936. The summed E-state index contributed by atoms with van der Waals surface area (Å²) < 4.78 is 8.86. The Morgan fingerprint density at radius 2 is 2.06 bits per heavy atom. The Morgan fingerprint density at radius 3 is 2.61 bits per heavy atom. The Labute approximate surface area is 110 Å². The molecule has 0 aliphatic carbocycles. The van der Waals surface area contributed by atoms with Gasteiger partial charge in [-0.05, 0) is 42.6 Å². The Morgan fingerprint density at radius 1 is 1.33 bits per heavy atom. The second kappa shape index (κ2) is 5.73. The maximum atomic E-state index is 11.9. The number of benzene rings is 1. The molecule has 4 nitrogen and oxygen atoms in total. The lowest BCUT2D eigenvalue weighted by atomic mass is 10.1. The molecule has 0 spiro atoms. The summed E-state index contributed by atoms with van der Waals surface area (Å²) in [6.07, 6.45) is 1.21. The van der Waals surface area contributed by atoms with Crippen molar-refractivity contribution in [3.05, 3.63) is 40.4 Å². The lowest BCUT2D eigenvalue weighted by Crippen LogP contribution is -2.00. The quantitative estimate of drug-likeness (QED) is 0.777. The number of Topliss-reactive ketones (excluding diaryl/α,β-unsaturated/α-hetero) is 1. The lowest BCUT2D eigenvalue weighted by molar-refractivity contribution is 0.0986. The number of hydrogen-bond acceptors (Lipinski definition) is 5. The smallest absolute Gasteiger partial charge is 0.176 e. The minimum absolute atomic E-state index is 0.110. The molecule has 0 unspecified atom stereocenters. The summed E-state index contributed by atoms with van der Waals surface area (Å²) in [4.78, 5) is 12.6. The first-order chi connectivity index (χ1) is 8.70. The first-order valence-electron chi connectivity index (χ1n) is 5.66. The summed E-state index contributed by atoms with van der Waals surface area (Å²) in [6.45, 7) is 1.81. The van der Waals surface area contributed by atoms with Crippen LogP contribution in [0, 0.1) is 6.92 Å². The molecule has 0 N–H and O–H groups in total. The van der Waals surface area contributed by atoms with E-state index in [1.165, 1.54) is 11.5 Å². The molecule has 0 radical (unpaired) electrons. The zero-order valence-corrected chi connectivity index (χ0v) is 11.2. The minimum Gasteiger partial charge on any atom is -0.497 e. The number of methoxy groups -OCH3 is 1. The molecule has 1 heterocycles. The molecule has 94 valence electrons. The van der Waals surface area contributed by atoms with Crippen LogP contribution >= 0.6 is 11.5 Å². The summed E-state index contributed by atoms with van der Waals surface area (Å²) >= 11 is 1.17. The largest absolute Gasteiger partial charge is 0.497 e. The fraction of sp³-hybridized carbons (Fsp3) is 0.308. The maximum absolute atomic E-state index is 11.9. The summed E-state index contributed by atoms with van der Waals surface area (Å²) in [5, 5.41) is 3.85. The number of ketones is 1. The fourth-order valence-corrected chi connectivity index (χ4v) is 2.27. The van der Waals surface area contributed by atoms with E-state index >= 15 is 0 Å². The van der Waals surface area contributed by atoms with Crippen molar-refractivity contribution in [3.63, 3.8) is 0 Å². The molecular formula is C13H14N2O2S. The van der Waals surface area contributed by atoms with E-state index in [9.17, 15) is 4.79 Å². The number of aromatic nitrogens is 2. The monoisotopic (exact) mass is 262 g/mol. The van der Waals surface area contributed by atoms with Crippen molar-refractivity contribution < 1.29 is 9.53 Å². The van der Waals surface area contributed by atoms with Crippen molar-refractivity contribution >= 4 is 17.3 Å². The molecule has 0 saturated carbocycles. The SMILES string of the molecule is COc1ccc(CCC(=O)c2snnc2C)cc1. The van der Waals surface area contributed by atoms with Crippen molar-refractivity contribution in [2.45, 2.75) is 19.8 Å². The number of hydrogen-bond donors (Lipinski definition) is 0. The standard InChI is InChI=1S/C13H14N2O2S/c1-9-13(18-15-14-9)12(16)8-5-10-3-6-11(17-2)7-4-10/h3-4,6-7H,5,8H2,1-2H3. The zero-order chi connectivity index (χ0) is 13.0. The van der Waals surface area contributed by atoms with Crippen LogP contribution in [0.4, 0.5) is 0 Å². The lowest BCUT2D eigenvalue weighted by Gasteiger charge is -2.02. The van der Waals surface area contributed by atoms with Gasteiger partial charge in [0.25, 0.3) is 0 Å². The molecule has 0 aliphatic rings. The van der Waals surface area contributed by atoms with E-state index in [0.717, 1.165) is 23.4 Å². The first kappa shape index (κ1) is 12.7. The van der Waals surface area contributed by atoms with Crippen LogP contribution in [0.3, 0.4) is 0 Å². The van der Waals surface area contributed by atoms with Gasteiger partial charge in [0.05, 0.1) is 12.8 Å². The molecule has 0 bridgehead atoms. The number of nitrogens with zero attached hydrogens (tertiary/aromatic N) is 2. The van der Waals surface area contributed by atoms with Gasteiger partial charge < -0.3 is 4.74 Å². The van der Waals surface area contributed by atoms with Gasteiger partial charge in [-0.25, -0.2) is 0 Å². The second-order valence-corrected chi connectivity index (χ2v) is 4.71. The molecular weight excluding hydrogens is 248 g/mol. The molecule has 0 saturated heterocycles. The minimum atomic E-state index is 0.110. The van der Waals surface area contributed by atoms with Crippen molar-refractivity contribution in [2.24, 2.45) is 0 Å². The van der Waals surface area contributed by atoms with Gasteiger partial charge in [0, 0.05) is 6.42 Å². The van der Waals surface area contributed by atoms with E-state index in [0.29, 0.717) is 11.3 Å². The highest BCUT2D eigenvalue weighted by Gasteiger charge is 2.12. The van der Waals surface area contributed by atoms with Crippen LogP contribution in [-0.2, 0) is 6.42 Å². The van der Waals surface area contributed by atoms with E-state index in [1.807, 2.05) is 31.2 Å². The van der Waals surface area contributed by atoms with E-state index in [2.05, 4.69) is 9.59 Å². The Hall–Kier alpha value is -1.75. The van der Waals surface area contributed by atoms with Crippen molar-refractivity contribution in [1.82, 2.24) is 9.59 Å². The Kier molecular flexibility index (Phi) is 4.04. The molecule has 2 aromatic rings. The molecule has 1 aromatic carbocycles. The maximum Gasteiger partial charge on any atom is 0.176 e. The van der Waals surface area contributed by atoms with Gasteiger partial charge in [-0.15, -0.1) is 5.10 Å². The van der Waals surface area contributed by atoms with Gasteiger partial charge in [0.15, 0.2) is 5.78 Å². The first-order valence-corrected chi connectivity index (χ1v) is 6.43. The second-order valence-electron chi connectivity index (χ2n) is 3.96. The van der Waals surface area contributed by atoms with E-state index < -0.39 is 0 Å². The molecule has 0 amide bonds. The van der Waals surface area contributed by atoms with Gasteiger partial charge in [0.2, 0.25) is 0 Å². The third kappa shape index (κ3) is 2.92. The van der Waals surface area contributed by atoms with E-state index in [4.69, 9.17) is 4.74 Å². The van der Waals surface area contributed by atoms with Gasteiger partial charge >= 0.3 is 0 Å². The third-order valence-electron chi connectivity index (χ3n) is 2.70. The third-order valence-corrected chi connectivity index (χ3v) is 3.57. The zero-order valence-electron chi connectivity index (χ0n) is 10.3. The van der Waals surface area contributed by atoms with Crippen LogP contribution in [-0.4, -0.2) is 22.5 Å². The fourth-order valence-electron chi connectivity index (χ4n) is 1.65. The highest BCUT2D eigenvalue weighted by molar-refractivity contribution is 7.08. The van der Waals surface area contributed by atoms with E-state index in [1.54, 1.807) is 7.11 Å². The van der Waals surface area contributed by atoms with Gasteiger partial charge in [-0.3, -0.25) is 4.79 Å². The van der Waals surface area contributed by atoms with Gasteiger partial charge in [-0.1, -0.05) is 16.6 Å². The molecule has 0 aliphatic heterocycles. The predicted molar refractivity (Wildman–Crippen MR) is 70.3 cm³/mol. The number of carbonyl (C=O) groups is 1. The molecule has 0 fully saturated rings. The van der Waals surface area contributed by atoms with Gasteiger partial charge in [-0.2, -0.15) is 0 Å². The molecule has 1 aromatic heterocycles. The number of rotatable bonds is 5. The molecule has 18 heavy (non-hydrogen) atoms. The van der Waals surface area contributed by atoms with Crippen molar-refractivity contribution in [1.29, 1.82) is 0 Å². The van der Waals surface area contributed by atoms with Crippen LogP contribution in [0.5, 0.6) is 5.75 Å². The topological polar surface area (TPSA) is 52.1 Å². The average Bonchev–Trinajstić information content (AvgIpc) is 2.83.